The highest BCUT2D eigenvalue weighted by atomic mass is 16.6. The van der Waals surface area contributed by atoms with Crippen LogP contribution in [0.5, 0.6) is 0 Å². The summed E-state index contributed by atoms with van der Waals surface area (Å²) in [7, 11) is 0. The van der Waals surface area contributed by atoms with E-state index in [1.165, 1.54) is 0 Å². The van der Waals surface area contributed by atoms with E-state index in [0.717, 1.165) is 0 Å². The Morgan fingerprint density at radius 1 is 1.41 bits per heavy atom. The Balaban J connectivity index is 2.80. The number of hydrogen-bond acceptors (Lipinski definition) is 3. The Morgan fingerprint density at radius 2 is 2.00 bits per heavy atom. The summed E-state index contributed by atoms with van der Waals surface area (Å²) in [5.41, 5.74) is -1.03. The molecular weight excluding hydrogens is 220 g/mol. The smallest absolute Gasteiger partial charge is 0.410 e. The second-order valence-electron chi connectivity index (χ2n) is 5.97. The first-order chi connectivity index (χ1) is 7.62. The number of carbonyl (C=O) groups excluding carboxylic acids is 2. The molecule has 0 saturated carbocycles. The van der Waals surface area contributed by atoms with Crippen molar-refractivity contribution in [3.8, 4) is 0 Å². The molecule has 0 bridgehead atoms. The van der Waals surface area contributed by atoms with Crippen molar-refractivity contribution in [2.24, 2.45) is 0 Å². The molecule has 0 aromatic heterocycles. The summed E-state index contributed by atoms with van der Waals surface area (Å²) in [5.74, 6) is -0.0268. The quantitative estimate of drug-likeness (QED) is 0.700. The average molecular weight is 242 g/mol. The van der Waals surface area contributed by atoms with Gasteiger partial charge in [-0.25, -0.2) is 4.79 Å². The summed E-state index contributed by atoms with van der Waals surface area (Å²) in [4.78, 5) is 25.1. The average Bonchev–Trinajstić information content (AvgIpc) is 2.19. The molecule has 2 amide bonds. The highest BCUT2D eigenvalue weighted by Crippen LogP contribution is 2.23. The third kappa shape index (κ3) is 3.91. The van der Waals surface area contributed by atoms with Gasteiger partial charge in [-0.3, -0.25) is 4.79 Å². The van der Waals surface area contributed by atoms with E-state index in [0.29, 0.717) is 19.5 Å². The van der Waals surface area contributed by atoms with E-state index >= 15 is 0 Å². The fourth-order valence-electron chi connectivity index (χ4n) is 1.82. The minimum absolute atomic E-state index is 0.0268. The molecule has 1 N–H and O–H groups in total. The third-order valence-electron chi connectivity index (χ3n) is 2.60. The zero-order valence-corrected chi connectivity index (χ0v) is 11.3. The second-order valence-corrected chi connectivity index (χ2v) is 5.97. The normalized spacial score (nSPS) is 20.5. The van der Waals surface area contributed by atoms with Crippen LogP contribution in [0.15, 0.2) is 0 Å². The zero-order valence-electron chi connectivity index (χ0n) is 11.3. The molecule has 17 heavy (non-hydrogen) atoms. The van der Waals surface area contributed by atoms with Crippen molar-refractivity contribution in [3.05, 3.63) is 0 Å². The summed E-state index contributed by atoms with van der Waals surface area (Å²) >= 11 is 0. The van der Waals surface area contributed by atoms with Crippen molar-refractivity contribution < 1.29 is 14.3 Å². The number of nitrogens with one attached hydrogen (secondary N) is 1. The van der Waals surface area contributed by atoms with Crippen molar-refractivity contribution in [2.45, 2.75) is 52.2 Å². The molecule has 1 aliphatic heterocycles. The lowest BCUT2D eigenvalue weighted by atomic mass is 9.99. The molecule has 0 atom stereocenters. The number of carbonyl (C=O) groups is 2. The summed E-state index contributed by atoms with van der Waals surface area (Å²) in [6.07, 6.45) is -0.0642. The molecule has 5 heteroatoms. The van der Waals surface area contributed by atoms with Crippen LogP contribution >= 0.6 is 0 Å². The maximum atomic E-state index is 12.1. The monoisotopic (exact) mass is 242 g/mol. The SMILES string of the molecule is CC(C)(C)OC(=O)N1CCNC(=O)CC1(C)C. The summed E-state index contributed by atoms with van der Waals surface area (Å²) in [5, 5.41) is 2.76. The van der Waals surface area contributed by atoms with Gasteiger partial charge in [0.15, 0.2) is 0 Å². The molecule has 5 nitrogen and oxygen atoms in total. The van der Waals surface area contributed by atoms with Crippen LogP contribution in [0.1, 0.15) is 41.0 Å². The van der Waals surface area contributed by atoms with Gasteiger partial charge < -0.3 is 15.0 Å². The Bertz CT molecular complexity index is 318. The van der Waals surface area contributed by atoms with Crippen molar-refractivity contribution in [3.63, 3.8) is 0 Å². The molecule has 98 valence electrons. The fourth-order valence-corrected chi connectivity index (χ4v) is 1.82. The molecule has 0 unspecified atom stereocenters. The lowest BCUT2D eigenvalue weighted by Crippen LogP contribution is -2.50. The lowest BCUT2D eigenvalue weighted by molar-refractivity contribution is -0.122. The molecule has 1 saturated heterocycles. The van der Waals surface area contributed by atoms with Crippen LogP contribution in [-0.2, 0) is 9.53 Å². The van der Waals surface area contributed by atoms with Crippen LogP contribution in [0.4, 0.5) is 4.79 Å². The molecule has 1 fully saturated rings. The van der Waals surface area contributed by atoms with Gasteiger partial charge in [0.1, 0.15) is 5.60 Å². The molecule has 0 radical (unpaired) electrons. The van der Waals surface area contributed by atoms with Gasteiger partial charge in [0.05, 0.1) is 0 Å². The minimum atomic E-state index is -0.517. The van der Waals surface area contributed by atoms with Crippen LogP contribution in [0.25, 0.3) is 0 Å². The van der Waals surface area contributed by atoms with Crippen molar-refractivity contribution >= 4 is 12.0 Å². The van der Waals surface area contributed by atoms with Crippen LogP contribution < -0.4 is 5.32 Å². The zero-order chi connectivity index (χ0) is 13.3. The standard InChI is InChI=1S/C12H22N2O3/c1-11(2,3)17-10(16)14-7-6-13-9(15)8-12(14,4)5/h6-8H2,1-5H3,(H,13,15). The van der Waals surface area contributed by atoms with E-state index in [-0.39, 0.29) is 12.0 Å². The molecule has 1 rings (SSSR count). The number of rotatable bonds is 0. The van der Waals surface area contributed by atoms with Crippen LogP contribution in [0.2, 0.25) is 0 Å². The largest absolute Gasteiger partial charge is 0.444 e. The number of ether oxygens (including phenoxy) is 1. The van der Waals surface area contributed by atoms with Gasteiger partial charge in [0.2, 0.25) is 5.91 Å². The van der Waals surface area contributed by atoms with E-state index in [1.807, 2.05) is 34.6 Å². The van der Waals surface area contributed by atoms with Crippen LogP contribution in [0.3, 0.4) is 0 Å². The Labute approximate surface area is 102 Å². The summed E-state index contributed by atoms with van der Waals surface area (Å²) in [6.45, 7) is 10.2. The Hall–Kier alpha value is -1.26. The van der Waals surface area contributed by atoms with Crippen LogP contribution in [0, 0.1) is 0 Å². The first-order valence-electron chi connectivity index (χ1n) is 5.89. The van der Waals surface area contributed by atoms with Gasteiger partial charge in [-0.1, -0.05) is 0 Å². The fraction of sp³-hybridized carbons (Fsp3) is 0.833. The van der Waals surface area contributed by atoms with Crippen LogP contribution in [-0.4, -0.2) is 41.1 Å². The van der Waals surface area contributed by atoms with E-state index in [9.17, 15) is 9.59 Å². The van der Waals surface area contributed by atoms with Crippen molar-refractivity contribution in [1.82, 2.24) is 10.2 Å². The minimum Gasteiger partial charge on any atom is -0.444 e. The third-order valence-corrected chi connectivity index (χ3v) is 2.60. The predicted octanol–water partition coefficient (Wildman–Crippen LogP) is 1.52. The maximum Gasteiger partial charge on any atom is 0.410 e. The van der Waals surface area contributed by atoms with E-state index in [4.69, 9.17) is 4.74 Å². The number of nitrogens with zero attached hydrogens (tertiary/aromatic N) is 1. The molecule has 1 aliphatic rings. The topological polar surface area (TPSA) is 58.6 Å². The molecule has 1 heterocycles. The second kappa shape index (κ2) is 4.55. The van der Waals surface area contributed by atoms with Gasteiger partial charge in [0.25, 0.3) is 0 Å². The number of amides is 2. The Morgan fingerprint density at radius 3 is 2.53 bits per heavy atom. The maximum absolute atomic E-state index is 12.1. The van der Waals surface area contributed by atoms with Gasteiger partial charge in [-0.05, 0) is 34.6 Å². The van der Waals surface area contributed by atoms with Gasteiger partial charge in [0, 0.05) is 25.0 Å². The van der Waals surface area contributed by atoms with Gasteiger partial charge in [-0.15, -0.1) is 0 Å². The van der Waals surface area contributed by atoms with Gasteiger partial charge >= 0.3 is 6.09 Å². The molecule has 0 aromatic rings. The summed E-state index contributed by atoms with van der Waals surface area (Å²) in [6, 6.07) is 0. The predicted molar refractivity (Wildman–Crippen MR) is 64.6 cm³/mol. The lowest BCUT2D eigenvalue weighted by Gasteiger charge is -2.37. The van der Waals surface area contributed by atoms with Gasteiger partial charge in [-0.2, -0.15) is 0 Å². The van der Waals surface area contributed by atoms with Crippen molar-refractivity contribution in [2.75, 3.05) is 13.1 Å². The molecule has 0 spiro atoms. The summed E-state index contributed by atoms with van der Waals surface area (Å²) < 4.78 is 5.35. The highest BCUT2D eigenvalue weighted by molar-refractivity contribution is 5.79. The van der Waals surface area contributed by atoms with E-state index in [2.05, 4.69) is 5.32 Å². The van der Waals surface area contributed by atoms with Crippen molar-refractivity contribution in [1.29, 1.82) is 0 Å². The number of hydrogen-bond donors (Lipinski definition) is 1. The Kier molecular flexibility index (Phi) is 3.69. The van der Waals surface area contributed by atoms with E-state index < -0.39 is 11.1 Å². The molecule has 0 aromatic carbocycles. The molecule has 0 aliphatic carbocycles. The first-order valence-corrected chi connectivity index (χ1v) is 5.89. The first kappa shape index (κ1) is 13.8. The highest BCUT2D eigenvalue weighted by Gasteiger charge is 2.37. The van der Waals surface area contributed by atoms with E-state index in [1.54, 1.807) is 4.90 Å². The molecular formula is C12H22N2O3.